The molecule has 1 fully saturated rings. The van der Waals surface area contributed by atoms with Crippen molar-refractivity contribution >= 4 is 17.4 Å². The molecule has 1 aromatic rings. The van der Waals surface area contributed by atoms with Crippen LogP contribution >= 0.6 is 11.6 Å². The van der Waals surface area contributed by atoms with Crippen molar-refractivity contribution in [2.75, 3.05) is 14.2 Å². The number of carbonyl (C=O) groups excluding carboxylic acids is 1. The van der Waals surface area contributed by atoms with E-state index in [1.54, 1.807) is 32.4 Å². The number of benzene rings is 1. The second kappa shape index (κ2) is 5.29. The average molecular weight is 269 g/mol. The minimum absolute atomic E-state index is 0.0261. The van der Waals surface area contributed by atoms with Crippen LogP contribution < -0.4 is 4.74 Å². The van der Waals surface area contributed by atoms with Gasteiger partial charge in [0.05, 0.1) is 12.7 Å². The van der Waals surface area contributed by atoms with Crippen molar-refractivity contribution in [3.63, 3.8) is 0 Å². The zero-order valence-corrected chi connectivity index (χ0v) is 11.4. The Morgan fingerprint density at radius 1 is 1.28 bits per heavy atom. The van der Waals surface area contributed by atoms with Gasteiger partial charge < -0.3 is 9.47 Å². The molecule has 0 amide bonds. The van der Waals surface area contributed by atoms with Crippen LogP contribution in [0.2, 0.25) is 5.02 Å². The van der Waals surface area contributed by atoms with Crippen molar-refractivity contribution in [2.45, 2.75) is 31.3 Å². The van der Waals surface area contributed by atoms with E-state index >= 15 is 0 Å². The largest absolute Gasteiger partial charge is 0.496 e. The summed E-state index contributed by atoms with van der Waals surface area (Å²) in [6.07, 6.45) is 3.56. The quantitative estimate of drug-likeness (QED) is 0.784. The highest BCUT2D eigenvalue weighted by Gasteiger charge is 2.42. The van der Waals surface area contributed by atoms with Crippen molar-refractivity contribution < 1.29 is 14.3 Å². The first-order chi connectivity index (χ1) is 8.63. The molecule has 4 heteroatoms. The molecule has 1 aliphatic rings. The van der Waals surface area contributed by atoms with Gasteiger partial charge in [0.1, 0.15) is 11.4 Å². The summed E-state index contributed by atoms with van der Waals surface area (Å²) in [4.78, 5) is 12.7. The minimum Gasteiger partial charge on any atom is -0.496 e. The van der Waals surface area contributed by atoms with Gasteiger partial charge in [0, 0.05) is 12.1 Å². The Labute approximate surface area is 112 Å². The Kier molecular flexibility index (Phi) is 3.93. The minimum atomic E-state index is -0.696. The lowest BCUT2D eigenvalue weighted by Crippen LogP contribution is -2.38. The molecule has 98 valence electrons. The fourth-order valence-corrected chi connectivity index (χ4v) is 2.75. The van der Waals surface area contributed by atoms with Crippen LogP contribution in [0.25, 0.3) is 0 Å². The highest BCUT2D eigenvalue weighted by Crippen LogP contribution is 2.38. The van der Waals surface area contributed by atoms with Gasteiger partial charge in [-0.25, -0.2) is 0 Å². The summed E-state index contributed by atoms with van der Waals surface area (Å²) in [5, 5.41) is 0.531. The highest BCUT2D eigenvalue weighted by molar-refractivity contribution is 6.31. The summed E-state index contributed by atoms with van der Waals surface area (Å²) >= 11 is 5.96. The average Bonchev–Trinajstić information content (AvgIpc) is 2.87. The fourth-order valence-electron chi connectivity index (χ4n) is 2.57. The van der Waals surface area contributed by atoms with Crippen molar-refractivity contribution in [1.82, 2.24) is 0 Å². The van der Waals surface area contributed by atoms with E-state index in [-0.39, 0.29) is 5.78 Å². The number of rotatable bonds is 4. The molecule has 3 nitrogen and oxygen atoms in total. The number of ketones is 1. The molecule has 0 heterocycles. The third-order valence-corrected chi connectivity index (χ3v) is 3.86. The molecular formula is C14H17ClO3. The van der Waals surface area contributed by atoms with Crippen LogP contribution in [0.4, 0.5) is 0 Å². The molecule has 0 bridgehead atoms. The molecule has 0 atom stereocenters. The topological polar surface area (TPSA) is 35.5 Å². The first kappa shape index (κ1) is 13.4. The first-order valence-electron chi connectivity index (χ1n) is 6.06. The van der Waals surface area contributed by atoms with Crippen molar-refractivity contribution in [1.29, 1.82) is 0 Å². The predicted molar refractivity (Wildman–Crippen MR) is 70.5 cm³/mol. The second-order valence-electron chi connectivity index (χ2n) is 4.58. The van der Waals surface area contributed by atoms with Crippen molar-refractivity contribution in [2.24, 2.45) is 0 Å². The Hall–Kier alpha value is -1.06. The maximum Gasteiger partial charge on any atom is 0.198 e. The lowest BCUT2D eigenvalue weighted by Gasteiger charge is -2.26. The van der Waals surface area contributed by atoms with Crippen molar-refractivity contribution in [3.8, 4) is 5.75 Å². The predicted octanol–water partition coefficient (Wildman–Crippen LogP) is 3.49. The van der Waals surface area contributed by atoms with E-state index in [2.05, 4.69) is 0 Å². The Bertz CT molecular complexity index is 450. The summed E-state index contributed by atoms with van der Waals surface area (Å²) in [5.74, 6) is 0.523. The van der Waals surface area contributed by atoms with Gasteiger partial charge in [-0.2, -0.15) is 0 Å². The van der Waals surface area contributed by atoms with E-state index in [4.69, 9.17) is 21.1 Å². The van der Waals surface area contributed by atoms with Gasteiger partial charge >= 0.3 is 0 Å². The molecule has 0 saturated heterocycles. The molecular weight excluding hydrogens is 252 g/mol. The molecule has 1 saturated carbocycles. The lowest BCUT2D eigenvalue weighted by molar-refractivity contribution is 0.00581. The molecule has 0 aliphatic heterocycles. The Morgan fingerprint density at radius 3 is 2.50 bits per heavy atom. The number of hydrogen-bond donors (Lipinski definition) is 0. The number of methoxy groups -OCH3 is 2. The maximum atomic E-state index is 12.7. The summed E-state index contributed by atoms with van der Waals surface area (Å²) in [7, 11) is 3.15. The van der Waals surface area contributed by atoms with Crippen molar-refractivity contribution in [3.05, 3.63) is 28.8 Å². The van der Waals surface area contributed by atoms with E-state index in [1.807, 2.05) is 0 Å². The van der Waals surface area contributed by atoms with Crippen LogP contribution in [-0.4, -0.2) is 25.6 Å². The third-order valence-electron chi connectivity index (χ3n) is 3.62. The Morgan fingerprint density at radius 2 is 1.94 bits per heavy atom. The SMILES string of the molecule is COc1ccc(Cl)cc1C(=O)C1(OC)CCCC1. The zero-order valence-electron chi connectivity index (χ0n) is 10.7. The maximum absolute atomic E-state index is 12.7. The van der Waals surface area contributed by atoms with Crippen LogP contribution in [0.15, 0.2) is 18.2 Å². The van der Waals surface area contributed by atoms with Crippen LogP contribution in [0, 0.1) is 0 Å². The normalized spacial score (nSPS) is 17.7. The summed E-state index contributed by atoms with van der Waals surface area (Å²) in [6, 6.07) is 5.08. The molecule has 2 rings (SSSR count). The van der Waals surface area contributed by atoms with E-state index in [0.29, 0.717) is 16.3 Å². The van der Waals surface area contributed by atoms with Gasteiger partial charge in [0.15, 0.2) is 5.78 Å². The number of halogens is 1. The number of ether oxygens (including phenoxy) is 2. The molecule has 0 radical (unpaired) electrons. The van der Waals surface area contributed by atoms with Gasteiger partial charge in [-0.15, -0.1) is 0 Å². The fraction of sp³-hybridized carbons (Fsp3) is 0.500. The van der Waals surface area contributed by atoms with E-state index in [1.165, 1.54) is 0 Å². The Balaban J connectivity index is 2.41. The highest BCUT2D eigenvalue weighted by atomic mass is 35.5. The number of carbonyl (C=O) groups is 1. The second-order valence-corrected chi connectivity index (χ2v) is 5.02. The lowest BCUT2D eigenvalue weighted by atomic mass is 9.90. The molecule has 18 heavy (non-hydrogen) atoms. The molecule has 0 aromatic heterocycles. The first-order valence-corrected chi connectivity index (χ1v) is 6.44. The van der Waals surface area contributed by atoms with E-state index < -0.39 is 5.60 Å². The molecule has 1 aliphatic carbocycles. The van der Waals surface area contributed by atoms with Gasteiger partial charge in [-0.1, -0.05) is 11.6 Å². The van der Waals surface area contributed by atoms with Crippen LogP contribution in [0.5, 0.6) is 5.75 Å². The number of Topliss-reactive ketones (excluding diaryl/α,β-unsaturated/α-hetero) is 1. The van der Waals surface area contributed by atoms with Gasteiger partial charge in [0.2, 0.25) is 0 Å². The molecule has 1 aromatic carbocycles. The summed E-state index contributed by atoms with van der Waals surface area (Å²) < 4.78 is 10.7. The molecule has 0 unspecified atom stereocenters. The monoisotopic (exact) mass is 268 g/mol. The zero-order chi connectivity index (χ0) is 13.2. The molecule has 0 spiro atoms. The van der Waals surface area contributed by atoms with Gasteiger partial charge in [-0.3, -0.25) is 4.79 Å². The van der Waals surface area contributed by atoms with Crippen LogP contribution in [-0.2, 0) is 4.74 Å². The third kappa shape index (κ3) is 2.25. The summed E-state index contributed by atoms with van der Waals surface area (Å²) in [5.41, 5.74) is -0.188. The van der Waals surface area contributed by atoms with Gasteiger partial charge in [0.25, 0.3) is 0 Å². The van der Waals surface area contributed by atoms with Crippen LogP contribution in [0.1, 0.15) is 36.0 Å². The summed E-state index contributed by atoms with van der Waals surface area (Å²) in [6.45, 7) is 0. The standard InChI is InChI=1S/C14H17ClO3/c1-17-12-6-5-10(15)9-11(12)13(16)14(18-2)7-3-4-8-14/h5-6,9H,3-4,7-8H2,1-2H3. The number of hydrogen-bond acceptors (Lipinski definition) is 3. The van der Waals surface area contributed by atoms with Crippen LogP contribution in [0.3, 0.4) is 0 Å². The smallest absolute Gasteiger partial charge is 0.198 e. The van der Waals surface area contributed by atoms with Gasteiger partial charge in [-0.05, 0) is 43.9 Å². The van der Waals surface area contributed by atoms with E-state index in [9.17, 15) is 4.79 Å². The molecule has 0 N–H and O–H groups in total. The van der Waals surface area contributed by atoms with E-state index in [0.717, 1.165) is 25.7 Å².